The smallest absolute Gasteiger partial charge is 0.253 e. The quantitative estimate of drug-likeness (QED) is 0.862. The van der Waals surface area contributed by atoms with Gasteiger partial charge in [0.1, 0.15) is 0 Å². The molecular weight excluding hydrogens is 240 g/mol. The van der Waals surface area contributed by atoms with Gasteiger partial charge in [0.25, 0.3) is 5.91 Å². The zero-order chi connectivity index (χ0) is 12.3. The first-order valence-corrected chi connectivity index (χ1v) is 6.11. The fraction of sp³-hybridized carbons (Fsp3) is 0.500. The average Bonchev–Trinajstić information content (AvgIpc) is 2.76. The van der Waals surface area contributed by atoms with E-state index >= 15 is 0 Å². The highest BCUT2D eigenvalue weighted by Gasteiger charge is 2.28. The molecule has 5 heteroatoms. The molecule has 17 heavy (non-hydrogen) atoms. The van der Waals surface area contributed by atoms with E-state index in [0.717, 1.165) is 19.3 Å². The number of hydrogen-bond donors (Lipinski definition) is 2. The molecule has 1 aromatic rings. The second kappa shape index (κ2) is 5.47. The van der Waals surface area contributed by atoms with Crippen LogP contribution in [0.25, 0.3) is 0 Å². The molecule has 2 rings (SSSR count). The highest BCUT2D eigenvalue weighted by atomic mass is 35.5. The summed E-state index contributed by atoms with van der Waals surface area (Å²) < 4.78 is 0. The fourth-order valence-electron chi connectivity index (χ4n) is 2.25. The Labute approximate surface area is 105 Å². The minimum absolute atomic E-state index is 0.0525. The maximum absolute atomic E-state index is 12.0. The van der Waals surface area contributed by atoms with Crippen molar-refractivity contribution in [2.75, 3.05) is 6.61 Å². The van der Waals surface area contributed by atoms with Crippen LogP contribution >= 0.6 is 11.6 Å². The Morgan fingerprint density at radius 1 is 1.59 bits per heavy atom. The van der Waals surface area contributed by atoms with Crippen molar-refractivity contribution in [2.45, 2.75) is 25.3 Å². The van der Waals surface area contributed by atoms with Crippen LogP contribution in [0.3, 0.4) is 0 Å². The van der Waals surface area contributed by atoms with Crippen LogP contribution in [0, 0.1) is 5.92 Å². The second-order valence-corrected chi connectivity index (χ2v) is 4.72. The van der Waals surface area contributed by atoms with Gasteiger partial charge in [-0.15, -0.1) is 0 Å². The number of aromatic nitrogens is 1. The molecule has 0 radical (unpaired) electrons. The van der Waals surface area contributed by atoms with E-state index in [2.05, 4.69) is 10.3 Å². The summed E-state index contributed by atoms with van der Waals surface area (Å²) >= 11 is 5.90. The van der Waals surface area contributed by atoms with Gasteiger partial charge in [-0.2, -0.15) is 0 Å². The predicted molar refractivity (Wildman–Crippen MR) is 64.9 cm³/mol. The van der Waals surface area contributed by atoms with Crippen molar-refractivity contribution < 1.29 is 9.90 Å². The fourth-order valence-corrected chi connectivity index (χ4v) is 2.46. The third kappa shape index (κ3) is 2.76. The van der Waals surface area contributed by atoms with Gasteiger partial charge >= 0.3 is 0 Å². The number of pyridine rings is 1. The zero-order valence-corrected chi connectivity index (χ0v) is 10.2. The lowest BCUT2D eigenvalue weighted by Crippen LogP contribution is -2.38. The molecule has 1 aliphatic rings. The molecule has 1 aliphatic carbocycles. The van der Waals surface area contributed by atoms with E-state index in [4.69, 9.17) is 11.6 Å². The second-order valence-electron chi connectivity index (χ2n) is 4.31. The number of nitrogens with one attached hydrogen (secondary N) is 1. The van der Waals surface area contributed by atoms with Crippen LogP contribution in [0.4, 0.5) is 0 Å². The molecule has 1 saturated carbocycles. The van der Waals surface area contributed by atoms with Crippen LogP contribution in [-0.4, -0.2) is 28.6 Å². The zero-order valence-electron chi connectivity index (χ0n) is 9.40. The minimum Gasteiger partial charge on any atom is -0.396 e. The van der Waals surface area contributed by atoms with Crippen LogP contribution < -0.4 is 5.32 Å². The molecule has 0 aromatic carbocycles. The number of rotatable bonds is 3. The molecule has 2 N–H and O–H groups in total. The Morgan fingerprint density at radius 2 is 2.41 bits per heavy atom. The maximum atomic E-state index is 12.0. The number of carbonyl (C=O) groups is 1. The number of nitrogens with zero attached hydrogens (tertiary/aromatic N) is 1. The minimum atomic E-state index is -0.192. The summed E-state index contributed by atoms with van der Waals surface area (Å²) in [4.78, 5) is 15.8. The van der Waals surface area contributed by atoms with Gasteiger partial charge in [0, 0.05) is 31.0 Å². The van der Waals surface area contributed by atoms with Gasteiger partial charge in [-0.1, -0.05) is 18.0 Å². The van der Waals surface area contributed by atoms with Crippen LogP contribution in [0.5, 0.6) is 0 Å². The van der Waals surface area contributed by atoms with Gasteiger partial charge in [-0.3, -0.25) is 9.78 Å². The standard InChI is InChI=1S/C12H15ClN2O2/c13-10-6-14-5-4-9(10)12(17)15-11-3-1-2-8(11)7-16/h4-6,8,11,16H,1-3,7H2,(H,15,17). The van der Waals surface area contributed by atoms with Crippen molar-refractivity contribution in [3.8, 4) is 0 Å². The molecule has 0 spiro atoms. The summed E-state index contributed by atoms with van der Waals surface area (Å²) in [6.45, 7) is 0.120. The molecule has 92 valence electrons. The molecule has 0 aliphatic heterocycles. The number of hydrogen-bond acceptors (Lipinski definition) is 3. The summed E-state index contributed by atoms with van der Waals surface area (Å²) in [6, 6.07) is 1.65. The molecule has 2 unspecified atom stereocenters. The van der Waals surface area contributed by atoms with E-state index < -0.39 is 0 Å². The molecule has 0 bridgehead atoms. The first kappa shape index (κ1) is 12.3. The number of aliphatic hydroxyl groups excluding tert-OH is 1. The van der Waals surface area contributed by atoms with E-state index in [1.54, 1.807) is 12.3 Å². The highest BCUT2D eigenvalue weighted by Crippen LogP contribution is 2.25. The average molecular weight is 255 g/mol. The van der Waals surface area contributed by atoms with Crippen molar-refractivity contribution in [2.24, 2.45) is 5.92 Å². The van der Waals surface area contributed by atoms with Crippen molar-refractivity contribution >= 4 is 17.5 Å². The van der Waals surface area contributed by atoms with Crippen molar-refractivity contribution in [1.29, 1.82) is 0 Å². The van der Waals surface area contributed by atoms with Gasteiger partial charge in [-0.25, -0.2) is 0 Å². The van der Waals surface area contributed by atoms with Crippen molar-refractivity contribution in [3.63, 3.8) is 0 Å². The van der Waals surface area contributed by atoms with Crippen molar-refractivity contribution in [3.05, 3.63) is 29.0 Å². The lowest BCUT2D eigenvalue weighted by Gasteiger charge is -2.19. The summed E-state index contributed by atoms with van der Waals surface area (Å²) in [5.41, 5.74) is 0.435. The van der Waals surface area contributed by atoms with Crippen LogP contribution in [-0.2, 0) is 0 Å². The molecule has 4 nitrogen and oxygen atoms in total. The number of amides is 1. The van der Waals surface area contributed by atoms with Crippen molar-refractivity contribution in [1.82, 2.24) is 10.3 Å². The Bertz CT molecular complexity index is 411. The third-order valence-corrected chi connectivity index (χ3v) is 3.53. The number of aliphatic hydroxyl groups is 1. The Kier molecular flexibility index (Phi) is 3.97. The lowest BCUT2D eigenvalue weighted by molar-refractivity contribution is 0.0916. The first-order valence-electron chi connectivity index (χ1n) is 5.73. The van der Waals surface area contributed by atoms with Gasteiger partial charge in [-0.05, 0) is 18.9 Å². The molecular formula is C12H15ClN2O2. The maximum Gasteiger partial charge on any atom is 0.253 e. The summed E-state index contributed by atoms with van der Waals surface area (Å²) in [6.07, 6.45) is 5.92. The lowest BCUT2D eigenvalue weighted by atomic mass is 10.0. The van der Waals surface area contributed by atoms with Gasteiger partial charge in [0.05, 0.1) is 10.6 Å². The van der Waals surface area contributed by atoms with Crippen LogP contribution in [0.15, 0.2) is 18.5 Å². The summed E-state index contributed by atoms with van der Waals surface area (Å²) in [5, 5.41) is 12.5. The Balaban J connectivity index is 2.04. The van der Waals surface area contributed by atoms with E-state index in [1.165, 1.54) is 6.20 Å². The van der Waals surface area contributed by atoms with E-state index in [1.807, 2.05) is 0 Å². The topological polar surface area (TPSA) is 62.2 Å². The number of halogens is 1. The molecule has 1 aromatic heterocycles. The van der Waals surface area contributed by atoms with E-state index in [0.29, 0.717) is 10.6 Å². The molecule has 1 heterocycles. The van der Waals surface area contributed by atoms with Gasteiger partial charge in [0.15, 0.2) is 0 Å². The molecule has 0 saturated heterocycles. The highest BCUT2D eigenvalue weighted by molar-refractivity contribution is 6.33. The predicted octanol–water partition coefficient (Wildman–Crippen LogP) is 1.63. The summed E-state index contributed by atoms with van der Waals surface area (Å²) in [7, 11) is 0. The van der Waals surface area contributed by atoms with Crippen LogP contribution in [0.2, 0.25) is 5.02 Å². The van der Waals surface area contributed by atoms with Gasteiger partial charge in [0.2, 0.25) is 0 Å². The SMILES string of the molecule is O=C(NC1CCCC1CO)c1ccncc1Cl. The Hall–Kier alpha value is -1.13. The van der Waals surface area contributed by atoms with Crippen LogP contribution in [0.1, 0.15) is 29.6 Å². The third-order valence-electron chi connectivity index (χ3n) is 3.23. The van der Waals surface area contributed by atoms with Gasteiger partial charge < -0.3 is 10.4 Å². The first-order chi connectivity index (χ1) is 8.22. The molecule has 1 amide bonds. The number of carbonyl (C=O) groups excluding carboxylic acids is 1. The normalized spacial score (nSPS) is 23.6. The Morgan fingerprint density at radius 3 is 3.12 bits per heavy atom. The van der Waals surface area contributed by atoms with E-state index in [-0.39, 0.29) is 24.5 Å². The molecule has 2 atom stereocenters. The summed E-state index contributed by atoms with van der Waals surface area (Å²) in [5.74, 6) is -0.0256. The molecule has 1 fully saturated rings. The monoisotopic (exact) mass is 254 g/mol. The van der Waals surface area contributed by atoms with E-state index in [9.17, 15) is 9.90 Å². The largest absolute Gasteiger partial charge is 0.396 e.